The number of benzene rings is 1. The van der Waals surface area contributed by atoms with E-state index < -0.39 is 0 Å². The Morgan fingerprint density at radius 1 is 1.08 bits per heavy atom. The number of anilines is 1. The maximum Gasteiger partial charge on any atom is 0.224 e. The number of rotatable bonds is 5. The second-order valence-corrected chi connectivity index (χ2v) is 7.02. The van der Waals surface area contributed by atoms with Crippen LogP contribution in [0.25, 0.3) is 16.9 Å². The maximum absolute atomic E-state index is 12.2. The van der Waals surface area contributed by atoms with Gasteiger partial charge in [-0.25, -0.2) is 0 Å². The Morgan fingerprint density at radius 3 is 2.69 bits per heavy atom. The quantitative estimate of drug-likeness (QED) is 0.753. The number of hydrogen-bond donors (Lipinski definition) is 1. The van der Waals surface area contributed by atoms with Crippen LogP contribution in [0.15, 0.2) is 42.7 Å². The number of nitrogens with zero attached hydrogens (tertiary/aromatic N) is 4. The third-order valence-electron chi connectivity index (χ3n) is 5.13. The Kier molecular flexibility index (Phi) is 4.91. The van der Waals surface area contributed by atoms with Gasteiger partial charge in [-0.2, -0.15) is 9.61 Å². The summed E-state index contributed by atoms with van der Waals surface area (Å²) >= 11 is 0. The first-order valence-electron chi connectivity index (χ1n) is 9.35. The van der Waals surface area contributed by atoms with E-state index in [2.05, 4.69) is 20.6 Å². The number of aromatic nitrogens is 4. The van der Waals surface area contributed by atoms with Crippen molar-refractivity contribution in [2.45, 2.75) is 44.9 Å². The van der Waals surface area contributed by atoms with Gasteiger partial charge in [-0.05, 0) is 36.6 Å². The molecule has 0 spiro atoms. The van der Waals surface area contributed by atoms with Crippen molar-refractivity contribution in [1.82, 2.24) is 19.8 Å². The summed E-state index contributed by atoms with van der Waals surface area (Å²) in [7, 11) is 0. The molecule has 6 nitrogen and oxygen atoms in total. The SMILES string of the molecule is O=C(CCC1CCCCC1)Nc1ccc(-c2ccc3nncn3n2)cc1. The molecular formula is C20H23N5O. The molecule has 1 aliphatic rings. The monoisotopic (exact) mass is 349 g/mol. The van der Waals surface area contributed by atoms with Gasteiger partial charge in [0.1, 0.15) is 6.33 Å². The van der Waals surface area contributed by atoms with Crippen LogP contribution in [0.3, 0.4) is 0 Å². The molecule has 6 heteroatoms. The molecule has 1 aliphatic carbocycles. The van der Waals surface area contributed by atoms with Crippen LogP contribution in [0.1, 0.15) is 44.9 Å². The molecule has 2 aromatic heterocycles. The van der Waals surface area contributed by atoms with Crippen LogP contribution in [0.4, 0.5) is 5.69 Å². The van der Waals surface area contributed by atoms with Gasteiger partial charge in [-0.1, -0.05) is 44.2 Å². The topological polar surface area (TPSA) is 72.2 Å². The molecule has 0 atom stereocenters. The highest BCUT2D eigenvalue weighted by Gasteiger charge is 2.15. The molecule has 1 amide bonds. The smallest absolute Gasteiger partial charge is 0.224 e. The standard InChI is InChI=1S/C20H23N5O/c26-20(13-6-15-4-2-1-3-5-15)22-17-9-7-16(8-10-17)18-11-12-19-23-21-14-25(19)24-18/h7-12,14-15H,1-6,13H2,(H,22,26). The van der Waals surface area contributed by atoms with Crippen LogP contribution in [0.2, 0.25) is 0 Å². The van der Waals surface area contributed by atoms with Gasteiger partial charge in [0.2, 0.25) is 5.91 Å². The van der Waals surface area contributed by atoms with E-state index in [4.69, 9.17) is 0 Å². The first-order chi connectivity index (χ1) is 12.8. The minimum absolute atomic E-state index is 0.104. The third kappa shape index (κ3) is 3.90. The highest BCUT2D eigenvalue weighted by Crippen LogP contribution is 2.27. The van der Waals surface area contributed by atoms with Crippen LogP contribution in [0, 0.1) is 5.92 Å². The summed E-state index contributed by atoms with van der Waals surface area (Å²) in [6, 6.07) is 11.6. The van der Waals surface area contributed by atoms with Crippen molar-refractivity contribution < 1.29 is 4.79 Å². The van der Waals surface area contributed by atoms with Crippen molar-refractivity contribution in [2.75, 3.05) is 5.32 Å². The van der Waals surface area contributed by atoms with Gasteiger partial charge < -0.3 is 5.32 Å². The number of amides is 1. The normalized spacial score (nSPS) is 15.2. The zero-order chi connectivity index (χ0) is 17.8. The second kappa shape index (κ2) is 7.64. The minimum atomic E-state index is 0.104. The molecule has 0 aliphatic heterocycles. The van der Waals surface area contributed by atoms with Gasteiger partial charge in [0.15, 0.2) is 5.65 Å². The van der Waals surface area contributed by atoms with Crippen LogP contribution in [-0.2, 0) is 4.79 Å². The molecule has 134 valence electrons. The maximum atomic E-state index is 12.2. The Balaban J connectivity index is 1.35. The van der Waals surface area contributed by atoms with E-state index in [0.29, 0.717) is 6.42 Å². The zero-order valence-electron chi connectivity index (χ0n) is 14.8. The Bertz CT molecular complexity index is 881. The fraction of sp³-hybridized carbons (Fsp3) is 0.400. The molecular weight excluding hydrogens is 326 g/mol. The summed E-state index contributed by atoms with van der Waals surface area (Å²) in [5.41, 5.74) is 3.37. The highest BCUT2D eigenvalue weighted by molar-refractivity contribution is 5.90. The van der Waals surface area contributed by atoms with Crippen molar-refractivity contribution in [1.29, 1.82) is 0 Å². The van der Waals surface area contributed by atoms with Crippen LogP contribution >= 0.6 is 0 Å². The van der Waals surface area contributed by atoms with Crippen molar-refractivity contribution in [3.63, 3.8) is 0 Å². The lowest BCUT2D eigenvalue weighted by atomic mass is 9.86. The van der Waals surface area contributed by atoms with Crippen LogP contribution in [-0.4, -0.2) is 25.7 Å². The molecule has 1 aromatic carbocycles. The second-order valence-electron chi connectivity index (χ2n) is 7.02. The highest BCUT2D eigenvalue weighted by atomic mass is 16.1. The van der Waals surface area contributed by atoms with Gasteiger partial charge in [-0.15, -0.1) is 10.2 Å². The Morgan fingerprint density at radius 2 is 1.88 bits per heavy atom. The Hall–Kier alpha value is -2.76. The average Bonchev–Trinajstić information content (AvgIpc) is 3.16. The van der Waals surface area contributed by atoms with E-state index in [0.717, 1.165) is 34.9 Å². The van der Waals surface area contributed by atoms with E-state index >= 15 is 0 Å². The molecule has 4 rings (SSSR count). The van der Waals surface area contributed by atoms with Gasteiger partial charge in [-0.3, -0.25) is 4.79 Å². The lowest BCUT2D eigenvalue weighted by Gasteiger charge is -2.21. The number of hydrogen-bond acceptors (Lipinski definition) is 4. The van der Waals surface area contributed by atoms with Gasteiger partial charge >= 0.3 is 0 Å². The molecule has 1 N–H and O–H groups in total. The summed E-state index contributed by atoms with van der Waals surface area (Å²) in [6.45, 7) is 0. The number of fused-ring (bicyclic) bond motifs is 1. The minimum Gasteiger partial charge on any atom is -0.326 e. The summed E-state index contributed by atoms with van der Waals surface area (Å²) in [5.74, 6) is 0.836. The van der Waals surface area contributed by atoms with Gasteiger partial charge in [0, 0.05) is 17.7 Å². The lowest BCUT2D eigenvalue weighted by Crippen LogP contribution is -2.14. The molecule has 3 aromatic rings. The van der Waals surface area contributed by atoms with Crippen molar-refractivity contribution in [3.05, 3.63) is 42.7 Å². The van der Waals surface area contributed by atoms with Crippen molar-refractivity contribution in [3.8, 4) is 11.3 Å². The number of nitrogens with one attached hydrogen (secondary N) is 1. The van der Waals surface area contributed by atoms with Gasteiger partial charge in [0.05, 0.1) is 5.69 Å². The zero-order valence-corrected chi connectivity index (χ0v) is 14.8. The van der Waals surface area contributed by atoms with E-state index in [9.17, 15) is 4.79 Å². The first kappa shape index (κ1) is 16.7. The predicted octanol–water partition coefficient (Wildman–Crippen LogP) is 4.09. The lowest BCUT2D eigenvalue weighted by molar-refractivity contribution is -0.116. The van der Waals surface area contributed by atoms with Crippen LogP contribution < -0.4 is 5.32 Å². The van der Waals surface area contributed by atoms with Crippen molar-refractivity contribution in [2.24, 2.45) is 5.92 Å². The van der Waals surface area contributed by atoms with Gasteiger partial charge in [0.25, 0.3) is 0 Å². The first-order valence-corrected chi connectivity index (χ1v) is 9.35. The van der Waals surface area contributed by atoms with E-state index in [-0.39, 0.29) is 5.91 Å². The molecule has 0 radical (unpaired) electrons. The summed E-state index contributed by atoms with van der Waals surface area (Å²) in [5, 5.41) is 15.3. The molecule has 1 saturated carbocycles. The fourth-order valence-electron chi connectivity index (χ4n) is 3.64. The molecule has 0 unspecified atom stereocenters. The Labute approximate surface area is 152 Å². The predicted molar refractivity (Wildman–Crippen MR) is 101 cm³/mol. The summed E-state index contributed by atoms with van der Waals surface area (Å²) in [4.78, 5) is 12.2. The number of carbonyl (C=O) groups excluding carboxylic acids is 1. The molecule has 1 fully saturated rings. The fourth-order valence-corrected chi connectivity index (χ4v) is 3.64. The third-order valence-corrected chi connectivity index (χ3v) is 5.13. The number of carbonyl (C=O) groups is 1. The van der Waals surface area contributed by atoms with Crippen molar-refractivity contribution >= 4 is 17.2 Å². The van der Waals surface area contributed by atoms with E-state index in [1.54, 1.807) is 10.8 Å². The molecule has 26 heavy (non-hydrogen) atoms. The van der Waals surface area contributed by atoms with E-state index in [1.807, 2.05) is 36.4 Å². The van der Waals surface area contributed by atoms with Crippen LogP contribution in [0.5, 0.6) is 0 Å². The van der Waals surface area contributed by atoms with E-state index in [1.165, 1.54) is 32.1 Å². The largest absolute Gasteiger partial charge is 0.326 e. The molecule has 0 saturated heterocycles. The summed E-state index contributed by atoms with van der Waals surface area (Å²) < 4.78 is 1.65. The summed E-state index contributed by atoms with van der Waals surface area (Å²) in [6.07, 6.45) is 9.77. The average molecular weight is 349 g/mol. The molecule has 2 heterocycles. The molecule has 0 bridgehead atoms.